The largest absolute Gasteiger partial charge is 0.493 e. The van der Waals surface area contributed by atoms with Gasteiger partial charge in [0.15, 0.2) is 0 Å². The van der Waals surface area contributed by atoms with Gasteiger partial charge in [0.25, 0.3) is 0 Å². The summed E-state index contributed by atoms with van der Waals surface area (Å²) in [6.45, 7) is 3.68. The summed E-state index contributed by atoms with van der Waals surface area (Å²) in [5.74, 6) is 1.46. The summed E-state index contributed by atoms with van der Waals surface area (Å²) in [7, 11) is 0. The molecule has 0 aliphatic heterocycles. The second-order valence-electron chi connectivity index (χ2n) is 6.54. The Morgan fingerprint density at radius 1 is 1.27 bits per heavy atom. The van der Waals surface area contributed by atoms with Crippen molar-refractivity contribution in [3.8, 4) is 18.1 Å². The lowest BCUT2D eigenvalue weighted by Gasteiger charge is -2.12. The molecule has 0 saturated carbocycles. The first kappa shape index (κ1) is 23.0. The zero-order valence-electron chi connectivity index (χ0n) is 16.6. The van der Waals surface area contributed by atoms with E-state index in [0.717, 1.165) is 12.1 Å². The molecule has 0 bridgehead atoms. The molecule has 0 atom stereocenters. The van der Waals surface area contributed by atoms with Crippen molar-refractivity contribution in [3.05, 3.63) is 70.0 Å². The van der Waals surface area contributed by atoms with Crippen LogP contribution in [-0.2, 0) is 17.5 Å². The number of amides is 1. The van der Waals surface area contributed by atoms with Gasteiger partial charge in [0.2, 0.25) is 5.91 Å². The molecule has 0 unspecified atom stereocenters. The average molecular weight is 419 g/mol. The van der Waals surface area contributed by atoms with Crippen LogP contribution < -0.4 is 10.1 Å². The fourth-order valence-corrected chi connectivity index (χ4v) is 2.59. The molecular weight excluding hydrogens is 398 g/mol. The van der Waals surface area contributed by atoms with Crippen molar-refractivity contribution in [2.24, 2.45) is 0 Å². The summed E-state index contributed by atoms with van der Waals surface area (Å²) >= 11 is 0. The molecular formula is C23H21F4NO2. The summed E-state index contributed by atoms with van der Waals surface area (Å²) in [5, 5.41) is 2.58. The van der Waals surface area contributed by atoms with Gasteiger partial charge in [0.05, 0.1) is 12.2 Å². The van der Waals surface area contributed by atoms with Crippen LogP contribution in [-0.4, -0.2) is 12.5 Å². The van der Waals surface area contributed by atoms with Gasteiger partial charge in [-0.3, -0.25) is 4.79 Å². The Labute approximate surface area is 172 Å². The molecule has 0 heterocycles. The molecule has 2 aromatic rings. The lowest BCUT2D eigenvalue weighted by molar-refractivity contribution is -0.137. The molecule has 3 nitrogen and oxygen atoms in total. The van der Waals surface area contributed by atoms with Gasteiger partial charge in [0.1, 0.15) is 11.6 Å². The fraction of sp³-hybridized carbons (Fsp3) is 0.261. The summed E-state index contributed by atoms with van der Waals surface area (Å²) in [5.41, 5.74) is 0.754. The van der Waals surface area contributed by atoms with Crippen LogP contribution in [0.4, 0.5) is 17.6 Å². The Morgan fingerprint density at radius 2 is 2.00 bits per heavy atom. The lowest BCUT2D eigenvalue weighted by Crippen LogP contribution is -2.20. The van der Waals surface area contributed by atoms with Crippen molar-refractivity contribution >= 4 is 12.0 Å². The SMILES string of the molecule is C#Cc1cc(CNC(=O)/C=C/c2ccc(C(F)(F)F)cc2OCCC)cc(F)c1C. The number of alkyl halides is 3. The van der Waals surface area contributed by atoms with Gasteiger partial charge >= 0.3 is 6.18 Å². The van der Waals surface area contributed by atoms with E-state index in [2.05, 4.69) is 11.2 Å². The molecule has 0 fully saturated rings. The van der Waals surface area contributed by atoms with Crippen LogP contribution in [0.2, 0.25) is 0 Å². The summed E-state index contributed by atoms with van der Waals surface area (Å²) in [4.78, 5) is 12.1. The molecule has 1 N–H and O–H groups in total. The monoisotopic (exact) mass is 419 g/mol. The Morgan fingerprint density at radius 3 is 2.63 bits per heavy atom. The Bertz CT molecular complexity index is 988. The molecule has 0 aliphatic rings. The third-order valence-corrected chi connectivity index (χ3v) is 4.24. The molecule has 0 saturated heterocycles. The maximum Gasteiger partial charge on any atom is 0.416 e. The number of nitrogens with one attached hydrogen (secondary N) is 1. The first-order chi connectivity index (χ1) is 14.2. The highest BCUT2D eigenvalue weighted by atomic mass is 19.4. The van der Waals surface area contributed by atoms with Crippen molar-refractivity contribution < 1.29 is 27.1 Å². The molecule has 0 spiro atoms. The van der Waals surface area contributed by atoms with E-state index in [1.807, 2.05) is 6.92 Å². The highest BCUT2D eigenvalue weighted by Crippen LogP contribution is 2.33. The number of hydrogen-bond donors (Lipinski definition) is 1. The highest BCUT2D eigenvalue weighted by molar-refractivity contribution is 5.92. The third-order valence-electron chi connectivity index (χ3n) is 4.24. The van der Waals surface area contributed by atoms with Crippen molar-refractivity contribution in [2.75, 3.05) is 6.61 Å². The Kier molecular flexibility index (Phi) is 7.65. The van der Waals surface area contributed by atoms with E-state index in [1.54, 1.807) is 13.0 Å². The molecule has 158 valence electrons. The summed E-state index contributed by atoms with van der Waals surface area (Å²) in [6, 6.07) is 5.96. The van der Waals surface area contributed by atoms with E-state index >= 15 is 0 Å². The number of halogens is 4. The smallest absolute Gasteiger partial charge is 0.416 e. The summed E-state index contributed by atoms with van der Waals surface area (Å²) in [6.07, 6.45) is 4.01. The van der Waals surface area contributed by atoms with Crippen LogP contribution in [0, 0.1) is 25.1 Å². The molecule has 30 heavy (non-hydrogen) atoms. The zero-order valence-corrected chi connectivity index (χ0v) is 16.6. The minimum Gasteiger partial charge on any atom is -0.493 e. The van der Waals surface area contributed by atoms with Crippen molar-refractivity contribution in [2.45, 2.75) is 33.0 Å². The van der Waals surface area contributed by atoms with Gasteiger partial charge < -0.3 is 10.1 Å². The predicted molar refractivity (Wildman–Crippen MR) is 107 cm³/mol. The minimum atomic E-state index is -4.50. The normalized spacial score (nSPS) is 11.4. The molecule has 7 heteroatoms. The van der Waals surface area contributed by atoms with E-state index in [1.165, 1.54) is 24.3 Å². The van der Waals surface area contributed by atoms with Crippen LogP contribution in [0.3, 0.4) is 0 Å². The minimum absolute atomic E-state index is 0.0370. The number of terminal acetylenes is 1. The van der Waals surface area contributed by atoms with Gasteiger partial charge in [-0.05, 0) is 49.2 Å². The number of benzene rings is 2. The van der Waals surface area contributed by atoms with Gasteiger partial charge in [-0.1, -0.05) is 18.9 Å². The van der Waals surface area contributed by atoms with Crippen LogP contribution in [0.5, 0.6) is 5.75 Å². The predicted octanol–water partition coefficient (Wildman–Crippen LogP) is 5.25. The van der Waals surface area contributed by atoms with Crippen molar-refractivity contribution in [1.82, 2.24) is 5.32 Å². The van der Waals surface area contributed by atoms with Crippen LogP contribution in [0.1, 0.15) is 41.2 Å². The summed E-state index contributed by atoms with van der Waals surface area (Å²) < 4.78 is 58.0. The second kappa shape index (κ2) is 9.97. The van der Waals surface area contributed by atoms with Gasteiger partial charge in [-0.25, -0.2) is 4.39 Å². The van der Waals surface area contributed by atoms with E-state index in [4.69, 9.17) is 11.2 Å². The van der Waals surface area contributed by atoms with Crippen LogP contribution >= 0.6 is 0 Å². The quantitative estimate of drug-likeness (QED) is 0.378. The zero-order chi connectivity index (χ0) is 22.3. The Hall–Kier alpha value is -3.27. The van der Waals surface area contributed by atoms with Crippen molar-refractivity contribution in [1.29, 1.82) is 0 Å². The molecule has 0 radical (unpaired) electrons. The highest BCUT2D eigenvalue weighted by Gasteiger charge is 2.31. The second-order valence-corrected chi connectivity index (χ2v) is 6.54. The number of ether oxygens (including phenoxy) is 1. The molecule has 0 aliphatic carbocycles. The molecule has 2 rings (SSSR count). The molecule has 0 aromatic heterocycles. The van der Waals surface area contributed by atoms with Crippen LogP contribution in [0.15, 0.2) is 36.4 Å². The molecule has 2 aromatic carbocycles. The standard InChI is InChI=1S/C23H21F4NO2/c1-4-10-30-21-13-19(23(25,26)27)8-6-18(21)7-9-22(29)28-14-16-11-17(5-2)15(3)20(24)12-16/h2,6-9,11-13H,4,10,14H2,1,3H3,(H,28,29)/b9-7+. The Balaban J connectivity index is 2.12. The van der Waals surface area contributed by atoms with Crippen molar-refractivity contribution in [3.63, 3.8) is 0 Å². The van der Waals surface area contributed by atoms with Gasteiger partial charge in [-0.2, -0.15) is 13.2 Å². The number of carbonyl (C=O) groups excluding carboxylic acids is 1. The lowest BCUT2D eigenvalue weighted by atomic mass is 10.0. The van der Waals surface area contributed by atoms with E-state index in [9.17, 15) is 22.4 Å². The van der Waals surface area contributed by atoms with E-state index in [-0.39, 0.29) is 18.9 Å². The van der Waals surface area contributed by atoms with Gasteiger partial charge in [0, 0.05) is 29.3 Å². The van der Waals surface area contributed by atoms with Gasteiger partial charge in [-0.15, -0.1) is 6.42 Å². The van der Waals surface area contributed by atoms with E-state index in [0.29, 0.717) is 28.7 Å². The first-order valence-electron chi connectivity index (χ1n) is 9.21. The maximum atomic E-state index is 13.9. The maximum absolute atomic E-state index is 13.9. The first-order valence-corrected chi connectivity index (χ1v) is 9.21. The number of carbonyl (C=O) groups is 1. The average Bonchev–Trinajstić information content (AvgIpc) is 2.70. The molecule has 1 amide bonds. The third kappa shape index (κ3) is 6.11. The topological polar surface area (TPSA) is 38.3 Å². The van der Waals surface area contributed by atoms with Crippen LogP contribution in [0.25, 0.3) is 6.08 Å². The number of rotatable bonds is 7. The van der Waals surface area contributed by atoms with E-state index < -0.39 is 23.5 Å². The number of hydrogen-bond acceptors (Lipinski definition) is 2. The fourth-order valence-electron chi connectivity index (χ4n) is 2.59.